The summed E-state index contributed by atoms with van der Waals surface area (Å²) in [4.78, 5) is 28.4. The number of ketones is 1. The molecule has 0 saturated heterocycles. The zero-order valence-corrected chi connectivity index (χ0v) is 10.7. The smallest absolute Gasteiger partial charge is 0.404 e. The summed E-state index contributed by atoms with van der Waals surface area (Å²) in [5.74, 6) is 0.105. The molecule has 0 spiro atoms. The van der Waals surface area contributed by atoms with E-state index in [-0.39, 0.29) is 11.5 Å². The molecular weight excluding hydrogens is 255 g/mol. The van der Waals surface area contributed by atoms with E-state index in [4.69, 9.17) is 9.79 Å². The van der Waals surface area contributed by atoms with Crippen LogP contribution < -0.4 is 4.52 Å². The molecule has 0 aliphatic rings. The van der Waals surface area contributed by atoms with Crippen molar-refractivity contribution in [1.29, 1.82) is 0 Å². The van der Waals surface area contributed by atoms with Gasteiger partial charge in [-0.25, -0.2) is 4.57 Å². The van der Waals surface area contributed by atoms with Gasteiger partial charge in [0.2, 0.25) is 0 Å². The van der Waals surface area contributed by atoms with Crippen LogP contribution in [0.1, 0.15) is 18.4 Å². The fourth-order valence-electron chi connectivity index (χ4n) is 1.46. The first-order valence-corrected chi connectivity index (χ1v) is 6.93. The molecule has 0 aromatic heterocycles. The normalized spacial score (nSPS) is 11.0. The highest BCUT2D eigenvalue weighted by Gasteiger charge is 2.15. The molecule has 18 heavy (non-hydrogen) atoms. The lowest BCUT2D eigenvalue weighted by atomic mass is 10.1. The van der Waals surface area contributed by atoms with E-state index >= 15 is 0 Å². The van der Waals surface area contributed by atoms with Gasteiger partial charge in [-0.15, -0.1) is 0 Å². The molecule has 0 amide bonds. The Balaban J connectivity index is 2.57. The van der Waals surface area contributed by atoms with E-state index in [0.717, 1.165) is 5.56 Å². The van der Waals surface area contributed by atoms with Crippen LogP contribution >= 0.6 is 7.82 Å². The van der Waals surface area contributed by atoms with Crippen LogP contribution in [0.15, 0.2) is 36.9 Å². The molecule has 1 rings (SSSR count). The van der Waals surface area contributed by atoms with Crippen LogP contribution in [0.2, 0.25) is 0 Å². The molecular formula is C12H15O5P. The van der Waals surface area contributed by atoms with Crippen LogP contribution in [0.25, 0.3) is 0 Å². The molecule has 0 radical (unpaired) electrons. The molecule has 0 heterocycles. The Morgan fingerprint density at radius 3 is 2.78 bits per heavy atom. The number of hydrogen-bond donors (Lipinski definition) is 2. The third-order valence-corrected chi connectivity index (χ3v) is 2.69. The zero-order valence-electron chi connectivity index (χ0n) is 9.78. The van der Waals surface area contributed by atoms with Gasteiger partial charge in [-0.05, 0) is 36.6 Å². The number of allylic oxidation sites excluding steroid dienone is 1. The summed E-state index contributed by atoms with van der Waals surface area (Å²) < 4.78 is 15.1. The van der Waals surface area contributed by atoms with E-state index in [1.165, 1.54) is 12.1 Å². The fourth-order valence-corrected chi connectivity index (χ4v) is 1.85. The van der Waals surface area contributed by atoms with Crippen LogP contribution in [0.4, 0.5) is 0 Å². The maximum absolute atomic E-state index is 11.0. The monoisotopic (exact) mass is 270 g/mol. The second-order valence-corrected chi connectivity index (χ2v) is 4.92. The summed E-state index contributed by atoms with van der Waals surface area (Å²) in [7, 11) is -4.52. The van der Waals surface area contributed by atoms with Gasteiger partial charge in [-0.2, -0.15) is 0 Å². The topological polar surface area (TPSA) is 83.8 Å². The van der Waals surface area contributed by atoms with Crippen molar-refractivity contribution in [1.82, 2.24) is 0 Å². The molecule has 0 aliphatic carbocycles. The van der Waals surface area contributed by atoms with Crippen LogP contribution in [-0.4, -0.2) is 15.6 Å². The van der Waals surface area contributed by atoms with E-state index in [1.54, 1.807) is 12.1 Å². The summed E-state index contributed by atoms with van der Waals surface area (Å²) in [6.07, 6.45) is 2.99. The first-order chi connectivity index (χ1) is 8.40. The van der Waals surface area contributed by atoms with E-state index in [9.17, 15) is 9.36 Å². The molecule has 98 valence electrons. The zero-order chi connectivity index (χ0) is 13.6. The molecule has 1 aromatic carbocycles. The molecule has 6 heteroatoms. The largest absolute Gasteiger partial charge is 0.524 e. The average Bonchev–Trinajstić information content (AvgIpc) is 2.27. The number of carbonyl (C=O) groups is 1. The number of phosphoric acid groups is 1. The molecule has 0 atom stereocenters. The van der Waals surface area contributed by atoms with E-state index in [1.807, 2.05) is 6.07 Å². The number of benzene rings is 1. The molecule has 0 bridgehead atoms. The van der Waals surface area contributed by atoms with Gasteiger partial charge in [0.1, 0.15) is 5.75 Å². The van der Waals surface area contributed by atoms with Crippen molar-refractivity contribution in [2.24, 2.45) is 0 Å². The van der Waals surface area contributed by atoms with Gasteiger partial charge in [-0.1, -0.05) is 18.7 Å². The number of aryl methyl sites for hydroxylation is 1. The minimum atomic E-state index is -4.52. The third-order valence-electron chi connectivity index (χ3n) is 2.24. The summed E-state index contributed by atoms with van der Waals surface area (Å²) in [6, 6.07) is 6.48. The molecule has 0 fully saturated rings. The van der Waals surface area contributed by atoms with Crippen molar-refractivity contribution in [3.05, 3.63) is 42.5 Å². The van der Waals surface area contributed by atoms with E-state index in [2.05, 4.69) is 11.1 Å². The Bertz CT molecular complexity index is 477. The van der Waals surface area contributed by atoms with Gasteiger partial charge >= 0.3 is 7.82 Å². The van der Waals surface area contributed by atoms with E-state index < -0.39 is 7.82 Å². The first-order valence-electron chi connectivity index (χ1n) is 5.40. The highest BCUT2D eigenvalue weighted by molar-refractivity contribution is 7.46. The Morgan fingerprint density at radius 2 is 2.17 bits per heavy atom. The fraction of sp³-hybridized carbons (Fsp3) is 0.250. The first kappa shape index (κ1) is 14.6. The van der Waals surface area contributed by atoms with Gasteiger partial charge in [-0.3, -0.25) is 14.6 Å². The average molecular weight is 270 g/mol. The number of phosphoric ester groups is 1. The van der Waals surface area contributed by atoms with Gasteiger partial charge in [0.15, 0.2) is 5.78 Å². The van der Waals surface area contributed by atoms with Gasteiger partial charge < -0.3 is 4.52 Å². The SMILES string of the molecule is C=CC(=O)CCCc1cccc(OP(=O)(O)O)c1. The number of carbonyl (C=O) groups excluding carboxylic acids is 1. The standard InChI is InChI=1S/C12H15O5P/c1-2-11(13)7-3-5-10-6-4-8-12(9-10)17-18(14,15)16/h2,4,6,8-9H,1,3,5,7H2,(H2,14,15,16). The Labute approximate surface area is 105 Å². The van der Waals surface area contributed by atoms with Crippen LogP contribution in [-0.2, 0) is 15.8 Å². The van der Waals surface area contributed by atoms with Gasteiger partial charge in [0.25, 0.3) is 0 Å². The second-order valence-electron chi connectivity index (χ2n) is 3.75. The van der Waals surface area contributed by atoms with Crippen molar-refractivity contribution in [2.45, 2.75) is 19.3 Å². The Morgan fingerprint density at radius 1 is 1.44 bits per heavy atom. The summed E-state index contributed by atoms with van der Waals surface area (Å²) in [5, 5.41) is 0. The Hall–Kier alpha value is -1.42. The van der Waals surface area contributed by atoms with Crippen molar-refractivity contribution in [3.63, 3.8) is 0 Å². The highest BCUT2D eigenvalue weighted by Crippen LogP contribution is 2.37. The molecule has 5 nitrogen and oxygen atoms in total. The van der Waals surface area contributed by atoms with Crippen LogP contribution in [0, 0.1) is 0 Å². The lowest BCUT2D eigenvalue weighted by Gasteiger charge is -2.08. The predicted molar refractivity (Wildman–Crippen MR) is 67.3 cm³/mol. The molecule has 0 saturated carbocycles. The minimum absolute atomic E-state index is 0.0161. The lowest BCUT2D eigenvalue weighted by Crippen LogP contribution is -1.95. The minimum Gasteiger partial charge on any atom is -0.404 e. The lowest BCUT2D eigenvalue weighted by molar-refractivity contribution is -0.114. The van der Waals surface area contributed by atoms with Crippen molar-refractivity contribution in [3.8, 4) is 5.75 Å². The second kappa shape index (κ2) is 6.50. The molecule has 0 unspecified atom stereocenters. The summed E-state index contributed by atoms with van der Waals surface area (Å²) in [6.45, 7) is 3.38. The maximum atomic E-state index is 11.0. The molecule has 2 N–H and O–H groups in total. The Kier molecular flexibility index (Phi) is 5.28. The summed E-state index contributed by atoms with van der Waals surface area (Å²) >= 11 is 0. The molecule has 0 aliphatic heterocycles. The summed E-state index contributed by atoms with van der Waals surface area (Å²) in [5.41, 5.74) is 0.859. The van der Waals surface area contributed by atoms with Crippen LogP contribution in [0.5, 0.6) is 5.75 Å². The highest BCUT2D eigenvalue weighted by atomic mass is 31.2. The van der Waals surface area contributed by atoms with Gasteiger partial charge in [0, 0.05) is 6.42 Å². The van der Waals surface area contributed by atoms with Gasteiger partial charge in [0.05, 0.1) is 0 Å². The van der Waals surface area contributed by atoms with Crippen LogP contribution in [0.3, 0.4) is 0 Å². The number of hydrogen-bond acceptors (Lipinski definition) is 3. The van der Waals surface area contributed by atoms with E-state index in [0.29, 0.717) is 19.3 Å². The van der Waals surface area contributed by atoms with Crippen molar-refractivity contribution >= 4 is 13.6 Å². The maximum Gasteiger partial charge on any atom is 0.524 e. The molecule has 1 aromatic rings. The third kappa shape index (κ3) is 5.77. The quantitative estimate of drug-likeness (QED) is 0.586. The predicted octanol–water partition coefficient (Wildman–Crippen LogP) is 2.24. The van der Waals surface area contributed by atoms with Crippen molar-refractivity contribution in [2.75, 3.05) is 0 Å². The van der Waals surface area contributed by atoms with Crippen molar-refractivity contribution < 1.29 is 23.7 Å². The number of rotatable bonds is 7.